The number of thiophene rings is 1. The van der Waals surface area contributed by atoms with Crippen molar-refractivity contribution in [2.24, 2.45) is 0 Å². The molecule has 2 aromatic heterocycles. The van der Waals surface area contributed by atoms with Crippen molar-refractivity contribution in [3.8, 4) is 0 Å². The molecule has 2 amide bonds. The fourth-order valence-corrected chi connectivity index (χ4v) is 4.41. The molecule has 0 atom stereocenters. The Hall–Kier alpha value is -2.08. The van der Waals surface area contributed by atoms with E-state index in [9.17, 15) is 9.59 Å². The molecule has 0 unspecified atom stereocenters. The van der Waals surface area contributed by atoms with Gasteiger partial charge < -0.3 is 14.4 Å². The van der Waals surface area contributed by atoms with E-state index < -0.39 is 0 Å². The van der Waals surface area contributed by atoms with Crippen LogP contribution in [0.3, 0.4) is 0 Å². The van der Waals surface area contributed by atoms with E-state index in [4.69, 9.17) is 0 Å². The van der Waals surface area contributed by atoms with Gasteiger partial charge in [-0.1, -0.05) is 0 Å². The van der Waals surface area contributed by atoms with E-state index in [1.54, 1.807) is 11.3 Å². The molecule has 0 radical (unpaired) electrons. The average Bonchev–Trinajstić information content (AvgIpc) is 3.36. The van der Waals surface area contributed by atoms with E-state index >= 15 is 0 Å². The van der Waals surface area contributed by atoms with Crippen molar-refractivity contribution in [2.45, 2.75) is 32.2 Å². The minimum Gasteiger partial charge on any atom is -0.351 e. The molecule has 6 heteroatoms. The van der Waals surface area contributed by atoms with Gasteiger partial charge in [-0.2, -0.15) is 11.3 Å². The van der Waals surface area contributed by atoms with Crippen LogP contribution in [0.4, 0.5) is 0 Å². The van der Waals surface area contributed by atoms with Crippen LogP contribution in [-0.4, -0.2) is 52.4 Å². The van der Waals surface area contributed by atoms with Crippen molar-refractivity contribution in [1.82, 2.24) is 14.4 Å². The summed E-state index contributed by atoms with van der Waals surface area (Å²) in [5.41, 5.74) is 3.30. The van der Waals surface area contributed by atoms with E-state index in [1.807, 2.05) is 27.4 Å². The van der Waals surface area contributed by atoms with E-state index in [2.05, 4.69) is 16.0 Å². The molecule has 0 saturated carbocycles. The van der Waals surface area contributed by atoms with Crippen LogP contribution in [0.1, 0.15) is 34.5 Å². The van der Waals surface area contributed by atoms with Gasteiger partial charge in [0, 0.05) is 51.0 Å². The van der Waals surface area contributed by atoms with Gasteiger partial charge in [0.1, 0.15) is 0 Å². The minimum atomic E-state index is 0.104. The van der Waals surface area contributed by atoms with Gasteiger partial charge in [0.25, 0.3) is 5.91 Å². The lowest BCUT2D eigenvalue weighted by Crippen LogP contribution is -2.50. The number of piperazine rings is 1. The lowest BCUT2D eigenvalue weighted by atomic mass is 10.1. The maximum atomic E-state index is 12.7. The normalized spacial score (nSPS) is 17.0. The second kappa shape index (κ2) is 7.04. The van der Waals surface area contributed by atoms with Crippen molar-refractivity contribution in [2.75, 3.05) is 26.2 Å². The minimum absolute atomic E-state index is 0.104. The Kier molecular flexibility index (Phi) is 4.61. The summed E-state index contributed by atoms with van der Waals surface area (Å²) in [6.45, 7) is 3.56. The van der Waals surface area contributed by atoms with Gasteiger partial charge in [-0.15, -0.1) is 0 Å². The largest absolute Gasteiger partial charge is 0.351 e. The number of amides is 2. The molecule has 25 heavy (non-hydrogen) atoms. The maximum absolute atomic E-state index is 12.7. The standard InChI is InChI=1S/C19H23N3O2S/c23-18(4-3-15-5-11-25-14-15)20-7-9-21(10-8-20)19(24)16-12-17-2-1-6-22(17)13-16/h5,11-14H,1-4,6-10H2. The number of hydrogen-bond donors (Lipinski definition) is 0. The highest BCUT2D eigenvalue weighted by Crippen LogP contribution is 2.20. The molecular formula is C19H23N3O2S. The number of aryl methyl sites for hydroxylation is 3. The van der Waals surface area contributed by atoms with Gasteiger partial charge >= 0.3 is 0 Å². The molecule has 0 N–H and O–H groups in total. The molecule has 2 aromatic rings. The first-order valence-corrected chi connectivity index (χ1v) is 9.92. The van der Waals surface area contributed by atoms with Crippen LogP contribution >= 0.6 is 11.3 Å². The third kappa shape index (κ3) is 3.49. The summed E-state index contributed by atoms with van der Waals surface area (Å²) in [6.07, 6.45) is 5.59. The van der Waals surface area contributed by atoms with Crippen LogP contribution in [0.25, 0.3) is 0 Å². The quantitative estimate of drug-likeness (QED) is 0.844. The van der Waals surface area contributed by atoms with Crippen LogP contribution in [0.5, 0.6) is 0 Å². The lowest BCUT2D eigenvalue weighted by molar-refractivity contribution is -0.132. The Morgan fingerprint density at radius 2 is 1.88 bits per heavy atom. The number of fused-ring (bicyclic) bond motifs is 1. The van der Waals surface area contributed by atoms with Gasteiger partial charge in [-0.3, -0.25) is 9.59 Å². The summed E-state index contributed by atoms with van der Waals surface area (Å²) in [6, 6.07) is 4.11. The molecular weight excluding hydrogens is 334 g/mol. The number of rotatable bonds is 4. The molecule has 4 heterocycles. The van der Waals surface area contributed by atoms with Crippen molar-refractivity contribution >= 4 is 23.2 Å². The third-order valence-electron chi connectivity index (χ3n) is 5.19. The van der Waals surface area contributed by atoms with Crippen molar-refractivity contribution < 1.29 is 9.59 Å². The number of carbonyl (C=O) groups excluding carboxylic acids is 2. The Morgan fingerprint density at radius 3 is 2.60 bits per heavy atom. The second-order valence-electron chi connectivity index (χ2n) is 6.82. The Balaban J connectivity index is 1.28. The first kappa shape index (κ1) is 16.4. The van der Waals surface area contributed by atoms with E-state index in [1.165, 1.54) is 17.7 Å². The Morgan fingerprint density at radius 1 is 1.08 bits per heavy atom. The Labute approximate surface area is 151 Å². The van der Waals surface area contributed by atoms with Crippen LogP contribution in [0.2, 0.25) is 0 Å². The average molecular weight is 357 g/mol. The van der Waals surface area contributed by atoms with E-state index in [0.717, 1.165) is 24.9 Å². The van der Waals surface area contributed by atoms with Gasteiger partial charge in [-0.25, -0.2) is 0 Å². The topological polar surface area (TPSA) is 45.6 Å². The molecule has 0 bridgehead atoms. The molecule has 132 valence electrons. The molecule has 0 aliphatic carbocycles. The zero-order chi connectivity index (χ0) is 17.2. The fraction of sp³-hybridized carbons (Fsp3) is 0.474. The van der Waals surface area contributed by atoms with Gasteiger partial charge in [0.2, 0.25) is 5.91 Å². The highest BCUT2D eigenvalue weighted by molar-refractivity contribution is 7.07. The van der Waals surface area contributed by atoms with Crippen LogP contribution in [0, 0.1) is 0 Å². The highest BCUT2D eigenvalue weighted by Gasteiger charge is 2.26. The zero-order valence-corrected chi connectivity index (χ0v) is 15.1. The van der Waals surface area contributed by atoms with Crippen LogP contribution in [0.15, 0.2) is 29.1 Å². The van der Waals surface area contributed by atoms with Crippen LogP contribution < -0.4 is 0 Å². The van der Waals surface area contributed by atoms with Gasteiger partial charge in [0.05, 0.1) is 5.56 Å². The van der Waals surface area contributed by atoms with Gasteiger partial charge in [0.15, 0.2) is 0 Å². The third-order valence-corrected chi connectivity index (χ3v) is 5.92. The van der Waals surface area contributed by atoms with Crippen molar-refractivity contribution in [1.29, 1.82) is 0 Å². The molecule has 2 aliphatic rings. The summed E-state index contributed by atoms with van der Waals surface area (Å²) < 4.78 is 2.19. The smallest absolute Gasteiger partial charge is 0.255 e. The summed E-state index contributed by atoms with van der Waals surface area (Å²) in [4.78, 5) is 28.8. The predicted molar refractivity (Wildman–Crippen MR) is 97.9 cm³/mol. The zero-order valence-electron chi connectivity index (χ0n) is 14.3. The molecule has 2 aliphatic heterocycles. The fourth-order valence-electron chi connectivity index (χ4n) is 3.71. The summed E-state index contributed by atoms with van der Waals surface area (Å²) in [7, 11) is 0. The number of carbonyl (C=O) groups is 2. The van der Waals surface area contributed by atoms with Gasteiger partial charge in [-0.05, 0) is 47.7 Å². The first-order chi connectivity index (χ1) is 12.2. The predicted octanol–water partition coefficient (Wildman–Crippen LogP) is 2.41. The Bertz CT molecular complexity index is 736. The maximum Gasteiger partial charge on any atom is 0.255 e. The lowest BCUT2D eigenvalue weighted by Gasteiger charge is -2.34. The molecule has 1 fully saturated rings. The SMILES string of the molecule is O=C(CCc1ccsc1)N1CCN(C(=O)c2cc3n(c2)CCC3)CC1. The highest BCUT2D eigenvalue weighted by atomic mass is 32.1. The summed E-state index contributed by atoms with van der Waals surface area (Å²) >= 11 is 1.67. The molecule has 0 spiro atoms. The first-order valence-electron chi connectivity index (χ1n) is 8.98. The van der Waals surface area contributed by atoms with E-state index in [0.29, 0.717) is 32.6 Å². The van der Waals surface area contributed by atoms with Crippen molar-refractivity contribution in [3.05, 3.63) is 45.9 Å². The molecule has 1 saturated heterocycles. The van der Waals surface area contributed by atoms with Crippen LogP contribution in [-0.2, 0) is 24.2 Å². The second-order valence-corrected chi connectivity index (χ2v) is 7.60. The summed E-state index contributed by atoms with van der Waals surface area (Å²) in [5.74, 6) is 0.299. The number of hydrogen-bond acceptors (Lipinski definition) is 3. The molecule has 5 nitrogen and oxygen atoms in total. The van der Waals surface area contributed by atoms with E-state index in [-0.39, 0.29) is 11.8 Å². The van der Waals surface area contributed by atoms with Crippen molar-refractivity contribution in [3.63, 3.8) is 0 Å². The summed E-state index contributed by atoms with van der Waals surface area (Å²) in [5, 5.41) is 4.14. The number of nitrogens with zero attached hydrogens (tertiary/aromatic N) is 3. The molecule has 4 rings (SSSR count). The number of aromatic nitrogens is 1. The monoisotopic (exact) mass is 357 g/mol. The molecule has 0 aromatic carbocycles.